The molecule has 7 rings (SSSR count). The van der Waals surface area contributed by atoms with Crippen LogP contribution < -0.4 is 20.4 Å². The van der Waals surface area contributed by atoms with Crippen LogP contribution in [0, 0.1) is 41.5 Å². The molecule has 5 aromatic carbocycles. The molecule has 1 unspecified atom stereocenters. The summed E-state index contributed by atoms with van der Waals surface area (Å²) in [6, 6.07) is 42.1. The Hall–Kier alpha value is -4.20. The lowest BCUT2D eigenvalue weighted by Crippen LogP contribution is -2.35. The minimum atomic E-state index is -2.47. The lowest BCUT2D eigenvalue weighted by Gasteiger charge is -2.41. The number of allylic oxidation sites excluding steroid dienone is 5. The van der Waals surface area contributed by atoms with Crippen LogP contribution in [-0.4, -0.2) is 24.5 Å². The van der Waals surface area contributed by atoms with E-state index in [1.165, 1.54) is 60.9 Å². The summed E-state index contributed by atoms with van der Waals surface area (Å²) >= 11 is 14.8. The molecule has 0 amide bonds. The van der Waals surface area contributed by atoms with Crippen LogP contribution in [0.4, 0.5) is 11.4 Å². The van der Waals surface area contributed by atoms with E-state index in [9.17, 15) is 0 Å². The molecule has 2 aliphatic rings. The minimum Gasteiger partial charge on any atom is -0.325 e. The zero-order valence-electron chi connectivity index (χ0n) is 30.3. The number of aryl methyl sites for hydroxylation is 6. The largest absolute Gasteiger partial charge is 0.325 e. The van der Waals surface area contributed by atoms with Crippen LogP contribution in [0.1, 0.15) is 38.9 Å². The SMILES string of the molecule is Cc1cc(C)c(N2CCN(c3c(C)cc(C)cc3C)C2=C2C(Cl)=C(Cl)C=CC2P(=Cc2ccccc2)(c2ccccc2)c2ccccc2)c(C)c1. The molecule has 2 nitrogen and oxygen atoms in total. The van der Waals surface area contributed by atoms with E-state index in [0.29, 0.717) is 10.1 Å². The number of anilines is 2. The molecule has 0 bridgehead atoms. The average Bonchev–Trinajstić information content (AvgIpc) is 3.52. The summed E-state index contributed by atoms with van der Waals surface area (Å²) in [4.78, 5) is 5.06. The number of nitrogens with zero attached hydrogens (tertiary/aromatic N) is 2. The van der Waals surface area contributed by atoms with Crippen molar-refractivity contribution in [2.45, 2.75) is 47.2 Å². The Labute approximate surface area is 314 Å². The Bertz CT molecular complexity index is 2090. The second-order valence-corrected chi connectivity index (χ2v) is 18.2. The number of hydrogen-bond acceptors (Lipinski definition) is 2. The molecular formula is C46H45Cl2N2P. The first kappa shape index (κ1) is 35.2. The van der Waals surface area contributed by atoms with Gasteiger partial charge < -0.3 is 9.80 Å². The van der Waals surface area contributed by atoms with Gasteiger partial charge in [-0.25, -0.2) is 0 Å². The molecule has 5 heteroatoms. The van der Waals surface area contributed by atoms with Crippen LogP contribution >= 0.6 is 30.1 Å². The summed E-state index contributed by atoms with van der Waals surface area (Å²) in [6.45, 7) is 12.5. The topological polar surface area (TPSA) is 6.48 Å². The Morgan fingerprint density at radius 2 is 1.00 bits per heavy atom. The molecular weight excluding hydrogens is 682 g/mol. The Balaban J connectivity index is 1.65. The van der Waals surface area contributed by atoms with Crippen LogP contribution in [0.3, 0.4) is 0 Å². The van der Waals surface area contributed by atoms with Crippen molar-refractivity contribution in [1.82, 2.24) is 0 Å². The maximum atomic E-state index is 7.70. The van der Waals surface area contributed by atoms with Gasteiger partial charge in [0, 0.05) is 35.7 Å². The van der Waals surface area contributed by atoms with Crippen molar-refractivity contribution in [3.8, 4) is 0 Å². The lowest BCUT2D eigenvalue weighted by molar-refractivity contribution is 1.00. The Morgan fingerprint density at radius 3 is 1.43 bits per heavy atom. The molecule has 258 valence electrons. The van der Waals surface area contributed by atoms with Crippen LogP contribution in [-0.2, 0) is 0 Å². The monoisotopic (exact) mass is 726 g/mol. The molecule has 5 aromatic rings. The van der Waals surface area contributed by atoms with E-state index in [2.05, 4.69) is 178 Å². The first-order valence-corrected chi connectivity index (χ1v) is 20.4. The average molecular weight is 728 g/mol. The highest BCUT2D eigenvalue weighted by Gasteiger charge is 2.42. The molecule has 1 aliphatic carbocycles. The van der Waals surface area contributed by atoms with Crippen LogP contribution in [0.2, 0.25) is 0 Å². The first-order valence-electron chi connectivity index (χ1n) is 17.7. The molecule has 1 aliphatic heterocycles. The van der Waals surface area contributed by atoms with Crippen molar-refractivity contribution in [3.05, 3.63) is 188 Å². The summed E-state index contributed by atoms with van der Waals surface area (Å²) in [5, 5.41) is 3.75. The summed E-state index contributed by atoms with van der Waals surface area (Å²) in [7, 11) is 0. The Morgan fingerprint density at radius 1 is 0.588 bits per heavy atom. The predicted octanol–water partition coefficient (Wildman–Crippen LogP) is 11.2. The zero-order valence-corrected chi connectivity index (χ0v) is 32.7. The van der Waals surface area contributed by atoms with Crippen molar-refractivity contribution in [2.24, 2.45) is 0 Å². The van der Waals surface area contributed by atoms with Crippen LogP contribution in [0.15, 0.2) is 149 Å². The molecule has 0 aromatic heterocycles. The van der Waals surface area contributed by atoms with E-state index >= 15 is 0 Å². The predicted molar refractivity (Wildman–Crippen MR) is 225 cm³/mol. The van der Waals surface area contributed by atoms with Crippen molar-refractivity contribution >= 4 is 57.9 Å². The summed E-state index contributed by atoms with van der Waals surface area (Å²) in [5.74, 6) is 3.65. The highest BCUT2D eigenvalue weighted by molar-refractivity contribution is 7.89. The van der Waals surface area contributed by atoms with Crippen molar-refractivity contribution in [1.29, 1.82) is 0 Å². The van der Waals surface area contributed by atoms with Gasteiger partial charge in [-0.3, -0.25) is 0 Å². The van der Waals surface area contributed by atoms with Gasteiger partial charge in [-0.05, 0) is 98.7 Å². The van der Waals surface area contributed by atoms with Gasteiger partial charge in [0.25, 0.3) is 0 Å². The van der Waals surface area contributed by atoms with Crippen molar-refractivity contribution in [3.63, 3.8) is 0 Å². The Kier molecular flexibility index (Phi) is 9.97. The summed E-state index contributed by atoms with van der Waals surface area (Å²) in [6.07, 6.45) is 4.37. The molecule has 0 spiro atoms. The van der Waals surface area contributed by atoms with E-state index in [0.717, 1.165) is 24.5 Å². The molecule has 1 saturated heterocycles. The lowest BCUT2D eigenvalue weighted by atomic mass is 10.0. The second kappa shape index (κ2) is 14.4. The quantitative estimate of drug-likeness (QED) is 0.161. The first-order chi connectivity index (χ1) is 24.6. The maximum Gasteiger partial charge on any atom is 0.119 e. The molecule has 1 heterocycles. The highest BCUT2D eigenvalue weighted by atomic mass is 35.5. The van der Waals surface area contributed by atoms with E-state index in [1.807, 2.05) is 6.08 Å². The molecule has 0 N–H and O–H groups in total. The van der Waals surface area contributed by atoms with E-state index in [-0.39, 0.29) is 5.66 Å². The second-order valence-electron chi connectivity index (χ2n) is 14.0. The van der Waals surface area contributed by atoms with E-state index in [1.54, 1.807) is 0 Å². The molecule has 1 atom stereocenters. The third-order valence-electron chi connectivity index (χ3n) is 10.2. The van der Waals surface area contributed by atoms with E-state index in [4.69, 9.17) is 23.2 Å². The maximum absolute atomic E-state index is 7.70. The standard InChI is InChI=1S/C46H45Cl2N2P/c1-31-26-33(3)44(34(4)27-31)49-24-25-50(45-35(5)28-32(2)29-36(45)6)46(49)42-41(23-22-40(47)43(42)48)51(38-18-12-8-13-19-38,39-20-14-9-15-21-39)30-37-16-10-7-11-17-37/h7-23,26-30,41H,24-25H2,1-6H3. The van der Waals surface area contributed by atoms with Crippen molar-refractivity contribution < 1.29 is 0 Å². The molecule has 0 saturated carbocycles. The van der Waals surface area contributed by atoms with Crippen LogP contribution in [0.25, 0.3) is 0 Å². The van der Waals surface area contributed by atoms with Gasteiger partial charge in [0.15, 0.2) is 0 Å². The van der Waals surface area contributed by atoms with Crippen LogP contribution in [0.5, 0.6) is 0 Å². The van der Waals surface area contributed by atoms with Gasteiger partial charge in [0.1, 0.15) is 5.82 Å². The fourth-order valence-corrected chi connectivity index (χ4v) is 13.4. The van der Waals surface area contributed by atoms with Gasteiger partial charge >= 0.3 is 0 Å². The molecule has 51 heavy (non-hydrogen) atoms. The van der Waals surface area contributed by atoms with Gasteiger partial charge in [-0.1, -0.05) is 156 Å². The molecule has 0 radical (unpaired) electrons. The highest BCUT2D eigenvalue weighted by Crippen LogP contribution is 2.58. The summed E-state index contributed by atoms with van der Waals surface area (Å²) in [5.41, 5.74) is 12.1. The van der Waals surface area contributed by atoms with Gasteiger partial charge in [-0.15, -0.1) is 0 Å². The van der Waals surface area contributed by atoms with E-state index < -0.39 is 6.89 Å². The minimum absolute atomic E-state index is 0.118. The van der Waals surface area contributed by atoms with Gasteiger partial charge in [-0.2, -0.15) is 0 Å². The summed E-state index contributed by atoms with van der Waals surface area (Å²) < 4.78 is 0. The number of hydrogen-bond donors (Lipinski definition) is 0. The number of benzene rings is 5. The third kappa shape index (κ3) is 6.44. The third-order valence-corrected chi connectivity index (χ3v) is 15.4. The fraction of sp³-hybridized carbons (Fsp3) is 0.196. The smallest absolute Gasteiger partial charge is 0.119 e. The number of halogens is 2. The van der Waals surface area contributed by atoms with Gasteiger partial charge in [0.2, 0.25) is 0 Å². The molecule has 1 fully saturated rings. The van der Waals surface area contributed by atoms with Gasteiger partial charge in [0.05, 0.1) is 10.1 Å². The van der Waals surface area contributed by atoms with Crippen molar-refractivity contribution in [2.75, 3.05) is 22.9 Å². The fourth-order valence-electron chi connectivity index (χ4n) is 8.48. The normalized spacial score (nSPS) is 16.4. The zero-order chi connectivity index (χ0) is 35.9. The number of rotatable bonds is 6.